The SMILES string of the molecule is C=C(N)c1ccc2c(c1)CCc1cc(C(N)=O)ccc1C2(CCNCC(=C)N1CCCC1C#N)C(N)=O. The predicted octanol–water partition coefficient (Wildman–Crippen LogP) is 2.07. The molecule has 2 aromatic carbocycles. The van der Waals surface area contributed by atoms with E-state index in [1.807, 2.05) is 29.2 Å². The summed E-state index contributed by atoms with van der Waals surface area (Å²) < 4.78 is 0. The summed E-state index contributed by atoms with van der Waals surface area (Å²) in [6.07, 6.45) is 3.48. The second-order valence-corrected chi connectivity index (χ2v) is 9.88. The summed E-state index contributed by atoms with van der Waals surface area (Å²) in [5.74, 6) is -0.985. The van der Waals surface area contributed by atoms with E-state index in [2.05, 4.69) is 24.5 Å². The van der Waals surface area contributed by atoms with E-state index in [0.29, 0.717) is 43.6 Å². The third-order valence-corrected chi connectivity index (χ3v) is 7.68. The van der Waals surface area contributed by atoms with E-state index in [4.69, 9.17) is 17.2 Å². The van der Waals surface area contributed by atoms with Gasteiger partial charge in [-0.1, -0.05) is 31.4 Å². The molecule has 0 radical (unpaired) electrons. The van der Waals surface area contributed by atoms with Crippen LogP contribution in [0.15, 0.2) is 55.3 Å². The maximum Gasteiger partial charge on any atom is 0.248 e. The van der Waals surface area contributed by atoms with Gasteiger partial charge in [0.25, 0.3) is 0 Å². The second-order valence-electron chi connectivity index (χ2n) is 9.88. The van der Waals surface area contributed by atoms with Crippen molar-refractivity contribution in [1.82, 2.24) is 10.2 Å². The highest BCUT2D eigenvalue weighted by atomic mass is 16.1. The van der Waals surface area contributed by atoms with Gasteiger partial charge in [-0.15, -0.1) is 0 Å². The zero-order chi connectivity index (χ0) is 26.7. The number of carbonyl (C=O) groups is 2. The largest absolute Gasteiger partial charge is 0.399 e. The average molecular weight is 499 g/mol. The van der Waals surface area contributed by atoms with Gasteiger partial charge in [0.2, 0.25) is 11.8 Å². The highest BCUT2D eigenvalue weighted by molar-refractivity contribution is 5.95. The highest BCUT2D eigenvalue weighted by Crippen LogP contribution is 2.43. The van der Waals surface area contributed by atoms with E-state index in [1.165, 1.54) is 0 Å². The molecule has 192 valence electrons. The number of fused-ring (bicyclic) bond motifs is 2. The minimum absolute atomic E-state index is 0.141. The first-order valence-electron chi connectivity index (χ1n) is 12.5. The lowest BCUT2D eigenvalue weighted by atomic mass is 9.69. The van der Waals surface area contributed by atoms with Crippen LogP contribution in [-0.2, 0) is 23.1 Å². The number of rotatable bonds is 9. The fourth-order valence-corrected chi connectivity index (χ4v) is 5.75. The minimum Gasteiger partial charge on any atom is -0.399 e. The molecule has 0 saturated carbocycles. The van der Waals surface area contributed by atoms with Crippen molar-refractivity contribution in [3.63, 3.8) is 0 Å². The van der Waals surface area contributed by atoms with E-state index in [1.54, 1.807) is 12.1 Å². The number of nitrogens with zero attached hydrogens (tertiary/aromatic N) is 2. The van der Waals surface area contributed by atoms with Crippen molar-refractivity contribution < 1.29 is 9.59 Å². The molecule has 4 rings (SSSR count). The molecule has 8 nitrogen and oxygen atoms in total. The molecule has 1 heterocycles. The number of nitrogens with two attached hydrogens (primary N) is 3. The molecular weight excluding hydrogens is 464 g/mol. The fourth-order valence-electron chi connectivity index (χ4n) is 5.75. The normalized spacial score (nSPS) is 20.3. The van der Waals surface area contributed by atoms with Gasteiger partial charge in [-0.3, -0.25) is 9.59 Å². The zero-order valence-electron chi connectivity index (χ0n) is 21.1. The van der Waals surface area contributed by atoms with Crippen molar-refractivity contribution in [2.45, 2.75) is 43.6 Å². The molecule has 2 amide bonds. The number of hydrogen-bond acceptors (Lipinski definition) is 6. The molecule has 1 aliphatic carbocycles. The van der Waals surface area contributed by atoms with Crippen LogP contribution < -0.4 is 22.5 Å². The van der Waals surface area contributed by atoms with E-state index in [0.717, 1.165) is 52.9 Å². The summed E-state index contributed by atoms with van der Waals surface area (Å²) in [7, 11) is 0. The number of amides is 2. The van der Waals surface area contributed by atoms with Gasteiger partial charge in [0, 0.05) is 30.0 Å². The maximum atomic E-state index is 13.4. The first-order valence-corrected chi connectivity index (χ1v) is 12.5. The molecule has 0 spiro atoms. The van der Waals surface area contributed by atoms with Crippen molar-refractivity contribution in [1.29, 1.82) is 5.26 Å². The summed E-state index contributed by atoms with van der Waals surface area (Å²) in [6, 6.07) is 13.2. The average Bonchev–Trinajstić information content (AvgIpc) is 3.31. The summed E-state index contributed by atoms with van der Waals surface area (Å²) in [5.41, 5.74) is 22.6. The van der Waals surface area contributed by atoms with Gasteiger partial charge in [0.1, 0.15) is 11.5 Å². The van der Waals surface area contributed by atoms with Gasteiger partial charge in [-0.25, -0.2) is 0 Å². The Morgan fingerprint density at radius 1 is 1.05 bits per heavy atom. The van der Waals surface area contributed by atoms with E-state index >= 15 is 0 Å². The van der Waals surface area contributed by atoms with Gasteiger partial charge >= 0.3 is 0 Å². The van der Waals surface area contributed by atoms with Crippen LogP contribution >= 0.6 is 0 Å². The lowest BCUT2D eigenvalue weighted by Gasteiger charge is -2.34. The topological polar surface area (TPSA) is 151 Å². The molecule has 2 aliphatic rings. The summed E-state index contributed by atoms with van der Waals surface area (Å²) in [5, 5.41) is 12.8. The number of carbonyl (C=O) groups excluding carboxylic acids is 2. The van der Waals surface area contributed by atoms with Crippen LogP contribution in [0.2, 0.25) is 0 Å². The first kappa shape index (κ1) is 26.0. The van der Waals surface area contributed by atoms with Gasteiger partial charge < -0.3 is 27.4 Å². The van der Waals surface area contributed by atoms with E-state index in [9.17, 15) is 14.9 Å². The van der Waals surface area contributed by atoms with Crippen molar-refractivity contribution in [3.05, 3.63) is 88.6 Å². The molecule has 0 aromatic heterocycles. The van der Waals surface area contributed by atoms with Crippen LogP contribution in [-0.4, -0.2) is 42.4 Å². The zero-order valence-corrected chi connectivity index (χ0v) is 21.1. The standard InChI is InChI=1S/C29H34N6O2/c1-18(35-13-3-4-24(35)16-30)17-34-12-11-29(28(33)37)25-9-7-20(19(2)31)14-21(25)5-6-22-15-23(27(32)36)8-10-26(22)29/h7-10,14-15,24,34H,1-6,11-13,17,31H2,(H2,32,36)(H2,33,37). The third-order valence-electron chi connectivity index (χ3n) is 7.68. The Morgan fingerprint density at radius 3 is 2.24 bits per heavy atom. The first-order chi connectivity index (χ1) is 17.7. The Labute approximate surface area is 217 Å². The Bertz CT molecular complexity index is 1240. The molecule has 1 aliphatic heterocycles. The summed E-state index contributed by atoms with van der Waals surface area (Å²) >= 11 is 0. The number of aryl methyl sites for hydroxylation is 2. The molecule has 37 heavy (non-hydrogen) atoms. The monoisotopic (exact) mass is 498 g/mol. The molecule has 1 fully saturated rings. The van der Waals surface area contributed by atoms with Crippen LogP contribution in [0, 0.1) is 11.3 Å². The number of benzene rings is 2. The third kappa shape index (κ3) is 4.83. The lowest BCUT2D eigenvalue weighted by Crippen LogP contribution is -2.45. The smallest absolute Gasteiger partial charge is 0.248 e. The lowest BCUT2D eigenvalue weighted by molar-refractivity contribution is -0.122. The van der Waals surface area contributed by atoms with Crippen LogP contribution in [0.25, 0.3) is 5.70 Å². The Hall–Kier alpha value is -4.09. The van der Waals surface area contributed by atoms with Crippen LogP contribution in [0.1, 0.15) is 57.4 Å². The number of likely N-dealkylation sites (tertiary alicyclic amines) is 1. The molecule has 2 aromatic rings. The summed E-state index contributed by atoms with van der Waals surface area (Å²) in [4.78, 5) is 27.4. The van der Waals surface area contributed by atoms with E-state index in [-0.39, 0.29) is 6.04 Å². The van der Waals surface area contributed by atoms with Crippen molar-refractivity contribution in [2.24, 2.45) is 17.2 Å². The number of primary amides is 2. The number of hydrogen-bond donors (Lipinski definition) is 4. The molecule has 7 N–H and O–H groups in total. The number of nitrogens with one attached hydrogen (secondary N) is 1. The maximum absolute atomic E-state index is 13.4. The molecule has 2 unspecified atom stereocenters. The fraction of sp³-hybridized carbons (Fsp3) is 0.345. The second kappa shape index (κ2) is 10.5. The minimum atomic E-state index is -1.12. The molecular formula is C29H34N6O2. The van der Waals surface area contributed by atoms with Crippen LogP contribution in [0.3, 0.4) is 0 Å². The number of nitriles is 1. The predicted molar refractivity (Wildman–Crippen MR) is 144 cm³/mol. The Morgan fingerprint density at radius 2 is 1.68 bits per heavy atom. The Kier molecular flexibility index (Phi) is 7.37. The van der Waals surface area contributed by atoms with Crippen molar-refractivity contribution in [2.75, 3.05) is 19.6 Å². The molecule has 1 saturated heterocycles. The van der Waals surface area contributed by atoms with Gasteiger partial charge in [-0.05, 0) is 84.7 Å². The molecule has 8 heteroatoms. The molecule has 2 atom stereocenters. The van der Waals surface area contributed by atoms with Crippen molar-refractivity contribution in [3.8, 4) is 6.07 Å². The highest BCUT2D eigenvalue weighted by Gasteiger charge is 2.44. The Balaban J connectivity index is 1.69. The van der Waals surface area contributed by atoms with Gasteiger partial charge in [-0.2, -0.15) is 5.26 Å². The van der Waals surface area contributed by atoms with Gasteiger partial charge in [0.15, 0.2) is 0 Å². The van der Waals surface area contributed by atoms with Crippen LogP contribution in [0.5, 0.6) is 0 Å². The summed E-state index contributed by atoms with van der Waals surface area (Å²) in [6.45, 7) is 9.82. The van der Waals surface area contributed by atoms with Crippen LogP contribution in [0.4, 0.5) is 0 Å². The molecule has 0 bridgehead atoms. The quantitative estimate of drug-likeness (QED) is 0.389. The van der Waals surface area contributed by atoms with E-state index < -0.39 is 17.2 Å². The van der Waals surface area contributed by atoms with Crippen molar-refractivity contribution >= 4 is 17.5 Å². The van der Waals surface area contributed by atoms with Gasteiger partial charge in [0.05, 0.1) is 6.07 Å².